The van der Waals surface area contributed by atoms with Gasteiger partial charge in [-0.15, -0.1) is 0 Å². The Balaban J connectivity index is 0.000000270. The third-order valence-electron chi connectivity index (χ3n) is 7.66. The fourth-order valence-electron chi connectivity index (χ4n) is 5.51. The number of hydrogen-bond acceptors (Lipinski definition) is 11. The summed E-state index contributed by atoms with van der Waals surface area (Å²) >= 11 is 0. The zero-order chi connectivity index (χ0) is 38.7. The van der Waals surface area contributed by atoms with Crippen LogP contribution in [0.2, 0.25) is 0 Å². The van der Waals surface area contributed by atoms with Crippen molar-refractivity contribution in [1.29, 1.82) is 0 Å². The predicted molar refractivity (Wildman–Crippen MR) is 216 cm³/mol. The number of anilines is 3. The number of rotatable bonds is 5. The third-order valence-corrected chi connectivity index (χ3v) is 7.66. The number of fused-ring (bicyclic) bond motifs is 6. The molecule has 2 aromatic carbocycles. The summed E-state index contributed by atoms with van der Waals surface area (Å²) in [7, 11) is 12.3. The number of ketones is 2. The fourth-order valence-corrected chi connectivity index (χ4v) is 5.51. The van der Waals surface area contributed by atoms with E-state index in [4.69, 9.17) is 10.2 Å². The number of aryl methyl sites for hydroxylation is 1. The topological polar surface area (TPSA) is 136 Å². The van der Waals surface area contributed by atoms with E-state index in [1.807, 2.05) is 91.3 Å². The van der Waals surface area contributed by atoms with Crippen LogP contribution in [0, 0.1) is 6.92 Å². The molecule has 4 heterocycles. The maximum atomic E-state index is 10.0. The first-order valence-electron chi connectivity index (χ1n) is 16.6. The largest absolute Gasteiger partial charge is 0.512 e. The molecule has 0 unspecified atom stereocenters. The quantitative estimate of drug-likeness (QED) is 0.0763. The molecule has 6 aromatic rings. The number of pyridine rings is 4. The van der Waals surface area contributed by atoms with E-state index in [2.05, 4.69) is 65.8 Å². The molecule has 0 aliphatic carbocycles. The van der Waals surface area contributed by atoms with Crippen molar-refractivity contribution in [2.45, 2.75) is 34.6 Å². The van der Waals surface area contributed by atoms with Gasteiger partial charge in [-0.1, -0.05) is 6.07 Å². The van der Waals surface area contributed by atoms with Crippen molar-refractivity contribution < 1.29 is 36.9 Å². The summed E-state index contributed by atoms with van der Waals surface area (Å²) in [6.45, 7) is 7.80. The smallest absolute Gasteiger partial charge is 0.155 e. The van der Waals surface area contributed by atoms with Crippen molar-refractivity contribution >= 4 is 72.2 Å². The Labute approximate surface area is 322 Å². The molecule has 0 spiro atoms. The zero-order valence-corrected chi connectivity index (χ0v) is 33.5. The summed E-state index contributed by atoms with van der Waals surface area (Å²) < 4.78 is 0. The second kappa shape index (κ2) is 19.9. The SMILES string of the molecule is CC(=O)C=C(C)O.CC(=O)C=C(C)O.CN(C)c1ccnc2c1ccc1c(N(C)C)ccnc12.Cc1ccnc2c1ccc1c(N(C)C)ccnc12.[Mn]. The van der Waals surface area contributed by atoms with Crippen LogP contribution in [0.5, 0.6) is 0 Å². The number of aliphatic hydroxyl groups is 2. The van der Waals surface area contributed by atoms with Gasteiger partial charge >= 0.3 is 0 Å². The molecule has 279 valence electrons. The Morgan fingerprint density at radius 2 is 0.755 bits per heavy atom. The summed E-state index contributed by atoms with van der Waals surface area (Å²) in [6.07, 6.45) is 9.73. The molecule has 6 rings (SSSR count). The molecule has 2 N–H and O–H groups in total. The zero-order valence-electron chi connectivity index (χ0n) is 32.3. The fraction of sp³-hybridized carbons (Fsp3) is 0.268. The van der Waals surface area contributed by atoms with Crippen LogP contribution in [0.3, 0.4) is 0 Å². The molecular formula is C41H49MnN7O4. The molecule has 0 bridgehead atoms. The summed E-state index contributed by atoms with van der Waals surface area (Å²) in [6, 6.07) is 16.7. The molecule has 0 amide bonds. The van der Waals surface area contributed by atoms with Crippen molar-refractivity contribution in [3.8, 4) is 0 Å². The van der Waals surface area contributed by atoms with Crippen molar-refractivity contribution in [3.63, 3.8) is 0 Å². The first-order chi connectivity index (χ1) is 24.5. The maximum Gasteiger partial charge on any atom is 0.155 e. The number of carbonyl (C=O) groups is 2. The van der Waals surface area contributed by atoms with Gasteiger partial charge in [0.15, 0.2) is 11.6 Å². The average Bonchev–Trinajstić information content (AvgIpc) is 3.06. The molecule has 0 atom stereocenters. The standard InChI is InChI=1S/C16H18N4.C15H15N3.2C5H8O2.Mn/c1-19(2)13-7-9-17-15-11(13)5-6-12-14(20(3)4)8-10-18-16(12)15;1-10-6-8-16-14-11(10)4-5-12-13(18(2)3)7-9-17-15(12)14;2*1-4(6)3-5(2)7;/h5-10H,1-4H3;4-9H,1-3H3;2*3,6H,1-2H3;. The monoisotopic (exact) mass is 758 g/mol. The van der Waals surface area contributed by atoms with Gasteiger partial charge < -0.3 is 24.9 Å². The van der Waals surface area contributed by atoms with Crippen LogP contribution in [-0.4, -0.2) is 84.0 Å². The van der Waals surface area contributed by atoms with Gasteiger partial charge in [0.2, 0.25) is 0 Å². The number of nitrogens with zero attached hydrogens (tertiary/aromatic N) is 7. The summed E-state index contributed by atoms with van der Waals surface area (Å²) in [4.78, 5) is 44.4. The number of allylic oxidation sites excluding steroid dienone is 4. The van der Waals surface area contributed by atoms with E-state index in [1.165, 1.54) is 56.5 Å². The number of aliphatic hydroxyl groups excluding tert-OH is 2. The van der Waals surface area contributed by atoms with Crippen LogP contribution in [0.25, 0.3) is 43.6 Å². The molecule has 0 aliphatic rings. The molecule has 0 fully saturated rings. The maximum absolute atomic E-state index is 10.0. The molecule has 0 saturated heterocycles. The van der Waals surface area contributed by atoms with Gasteiger partial charge in [0.1, 0.15) is 0 Å². The predicted octanol–water partition coefficient (Wildman–Crippen LogP) is 8.14. The van der Waals surface area contributed by atoms with Gasteiger partial charge in [0.25, 0.3) is 0 Å². The second-order valence-corrected chi connectivity index (χ2v) is 12.8. The Kier molecular flexibility index (Phi) is 16.3. The van der Waals surface area contributed by atoms with E-state index in [-0.39, 0.29) is 40.2 Å². The average molecular weight is 759 g/mol. The summed E-state index contributed by atoms with van der Waals surface area (Å²) in [5.74, 6) is -0.125. The molecule has 12 heteroatoms. The Morgan fingerprint density at radius 1 is 0.491 bits per heavy atom. The van der Waals surface area contributed by atoms with Crippen LogP contribution in [-0.2, 0) is 26.7 Å². The second-order valence-electron chi connectivity index (χ2n) is 12.8. The van der Waals surface area contributed by atoms with Crippen LogP contribution in [0.4, 0.5) is 17.1 Å². The van der Waals surface area contributed by atoms with E-state index in [9.17, 15) is 9.59 Å². The van der Waals surface area contributed by atoms with Crippen LogP contribution >= 0.6 is 0 Å². The van der Waals surface area contributed by atoms with Crippen LogP contribution in [0.15, 0.2) is 97.0 Å². The van der Waals surface area contributed by atoms with E-state index in [0.29, 0.717) is 0 Å². The first-order valence-corrected chi connectivity index (χ1v) is 16.6. The molecule has 11 nitrogen and oxygen atoms in total. The Bertz CT molecular complexity index is 2160. The molecule has 1 radical (unpaired) electrons. The minimum absolute atomic E-state index is 0. The van der Waals surface area contributed by atoms with Crippen molar-refractivity contribution in [3.05, 3.63) is 103 Å². The van der Waals surface area contributed by atoms with Crippen molar-refractivity contribution in [1.82, 2.24) is 19.9 Å². The van der Waals surface area contributed by atoms with Crippen LogP contribution < -0.4 is 14.7 Å². The van der Waals surface area contributed by atoms with E-state index < -0.39 is 0 Å². The van der Waals surface area contributed by atoms with Gasteiger partial charge in [0.05, 0.1) is 33.6 Å². The van der Waals surface area contributed by atoms with E-state index in [1.54, 1.807) is 0 Å². The number of benzene rings is 2. The minimum Gasteiger partial charge on any atom is -0.512 e. The van der Waals surface area contributed by atoms with Gasteiger partial charge in [-0.05, 0) is 82.6 Å². The number of hydrogen-bond donors (Lipinski definition) is 2. The molecule has 4 aromatic heterocycles. The Hall–Kier alpha value is -5.58. The molecule has 0 aliphatic heterocycles. The summed E-state index contributed by atoms with van der Waals surface area (Å²) in [5, 5.41) is 21.3. The van der Waals surface area contributed by atoms with Crippen molar-refractivity contribution in [2.75, 3.05) is 57.0 Å². The minimum atomic E-state index is -0.125. The molecule has 0 saturated carbocycles. The van der Waals surface area contributed by atoms with E-state index >= 15 is 0 Å². The molecule has 53 heavy (non-hydrogen) atoms. The van der Waals surface area contributed by atoms with Gasteiger partial charge in [-0.3, -0.25) is 29.5 Å². The van der Waals surface area contributed by atoms with Gasteiger partial charge in [-0.25, -0.2) is 0 Å². The van der Waals surface area contributed by atoms with Gasteiger partial charge in [0, 0.05) is 135 Å². The Morgan fingerprint density at radius 3 is 1.00 bits per heavy atom. The number of carbonyl (C=O) groups excluding carboxylic acids is 2. The molecular weight excluding hydrogens is 709 g/mol. The van der Waals surface area contributed by atoms with Gasteiger partial charge in [-0.2, -0.15) is 0 Å². The summed E-state index contributed by atoms with van der Waals surface area (Å²) in [5.41, 5.74) is 8.60. The first kappa shape index (κ1) is 43.6. The van der Waals surface area contributed by atoms with E-state index in [0.717, 1.165) is 49.6 Å². The normalized spacial score (nSPS) is 10.9. The third kappa shape index (κ3) is 11.7. The number of aromatic nitrogens is 4. The van der Waals surface area contributed by atoms with Crippen LogP contribution in [0.1, 0.15) is 33.3 Å². The van der Waals surface area contributed by atoms with Crippen molar-refractivity contribution in [2.24, 2.45) is 0 Å².